The summed E-state index contributed by atoms with van der Waals surface area (Å²) < 4.78 is 4.42. The summed E-state index contributed by atoms with van der Waals surface area (Å²) >= 11 is 2.14. The average molecular weight is 658 g/mol. The summed E-state index contributed by atoms with van der Waals surface area (Å²) in [7, 11) is -0.722. The van der Waals surface area contributed by atoms with Crippen molar-refractivity contribution < 1.29 is 27.8 Å². The Balaban J connectivity index is 0.000000406. The SMILES string of the molecule is CC(C)(C)O[C](=O)[Rh].c1ccc(P(CN2CC[C@H](P(c3ccccc3)c3ccccc3)C2)c2ccccc2)cc1. The summed E-state index contributed by atoms with van der Waals surface area (Å²) in [4.78, 5) is 12.9. The number of carbonyl (C=O) groups is 1. The maximum Gasteiger partial charge on any atom is 0.0265 e. The Kier molecular flexibility index (Phi) is 11.6. The smallest absolute Gasteiger partial charge is 0.0265 e. The zero-order valence-electron chi connectivity index (χ0n) is 23.4. The molecular formula is C34H38NO2P2Rh. The van der Waals surface area contributed by atoms with E-state index in [-0.39, 0.29) is 26.0 Å². The van der Waals surface area contributed by atoms with Crippen LogP contribution in [0.2, 0.25) is 0 Å². The fourth-order valence-electron chi connectivity index (χ4n) is 4.85. The van der Waals surface area contributed by atoms with Crippen LogP contribution in [0.4, 0.5) is 4.79 Å². The summed E-state index contributed by atoms with van der Waals surface area (Å²) in [6, 6.07) is 44.6. The van der Waals surface area contributed by atoms with E-state index >= 15 is 0 Å². The van der Waals surface area contributed by atoms with Crippen LogP contribution in [-0.4, -0.2) is 40.1 Å². The van der Waals surface area contributed by atoms with Gasteiger partial charge in [-0.05, 0) is 50.0 Å². The molecule has 5 rings (SSSR count). The molecule has 0 aliphatic carbocycles. The molecule has 0 radical (unpaired) electrons. The molecule has 1 saturated heterocycles. The van der Waals surface area contributed by atoms with E-state index in [4.69, 9.17) is 4.74 Å². The normalized spacial score (nSPS) is 15.5. The van der Waals surface area contributed by atoms with E-state index in [1.54, 1.807) is 0 Å². The van der Waals surface area contributed by atoms with Crippen LogP contribution < -0.4 is 21.2 Å². The standard InChI is InChI=1S/C29H29NP2.C5H9O2.Rh/c1-5-13-25(14-6-1)31(26-15-7-2-8-16-26)24-30-22-21-29(23-30)32(27-17-9-3-10-18-27)28-19-11-4-12-20-28;1-5(2,3)7-4-6;/h1-20,29H,21-24H2;1-3H3;/t29-;;/m0../s1. The van der Waals surface area contributed by atoms with Crippen LogP contribution in [0.15, 0.2) is 121 Å². The molecule has 0 spiro atoms. The second-order valence-corrected chi connectivity index (χ2v) is 16.1. The van der Waals surface area contributed by atoms with Crippen molar-refractivity contribution in [3.8, 4) is 0 Å². The van der Waals surface area contributed by atoms with Gasteiger partial charge in [0.05, 0.1) is 0 Å². The molecule has 210 valence electrons. The van der Waals surface area contributed by atoms with Crippen molar-refractivity contribution >= 4 is 41.6 Å². The van der Waals surface area contributed by atoms with Gasteiger partial charge in [-0.3, -0.25) is 4.90 Å². The van der Waals surface area contributed by atoms with Gasteiger partial charge in [0.2, 0.25) is 0 Å². The van der Waals surface area contributed by atoms with E-state index in [0.29, 0.717) is 5.66 Å². The van der Waals surface area contributed by atoms with E-state index in [0.717, 1.165) is 6.29 Å². The maximum absolute atomic E-state index is 10.2. The molecule has 0 unspecified atom stereocenters. The number of rotatable bonds is 7. The first kappa shape index (κ1) is 30.7. The first-order chi connectivity index (χ1) is 19.3. The molecular weight excluding hydrogens is 619 g/mol. The van der Waals surface area contributed by atoms with Crippen LogP contribution in [0.5, 0.6) is 0 Å². The van der Waals surface area contributed by atoms with Crippen LogP contribution in [0.3, 0.4) is 0 Å². The number of carbonyl (C=O) groups excluding carboxylic acids is 1. The summed E-state index contributed by atoms with van der Waals surface area (Å²) in [6.45, 7) is 7.86. The number of hydrogen-bond donors (Lipinski definition) is 0. The van der Waals surface area contributed by atoms with Crippen molar-refractivity contribution in [1.82, 2.24) is 4.90 Å². The van der Waals surface area contributed by atoms with Gasteiger partial charge >= 0.3 is 58.8 Å². The van der Waals surface area contributed by atoms with Gasteiger partial charge in [-0.15, -0.1) is 0 Å². The third-order valence-electron chi connectivity index (χ3n) is 6.54. The molecule has 6 heteroatoms. The summed E-state index contributed by atoms with van der Waals surface area (Å²) in [6.07, 6.45) is 2.43. The zero-order valence-corrected chi connectivity index (χ0v) is 26.9. The van der Waals surface area contributed by atoms with E-state index in [1.807, 2.05) is 20.8 Å². The minimum absolute atomic E-state index is 0.335. The minimum atomic E-state index is -0.376. The molecule has 0 saturated carbocycles. The quantitative estimate of drug-likeness (QED) is 0.163. The summed E-state index contributed by atoms with van der Waals surface area (Å²) in [5.74, 6) is 0. The van der Waals surface area contributed by atoms with Gasteiger partial charge in [-0.2, -0.15) is 0 Å². The molecule has 40 heavy (non-hydrogen) atoms. The Morgan fingerprint density at radius 1 is 0.750 bits per heavy atom. The molecule has 1 aliphatic heterocycles. The molecule has 4 aromatic rings. The largest absolute Gasteiger partial charge is 0.298 e. The average Bonchev–Trinajstić information content (AvgIpc) is 3.41. The minimum Gasteiger partial charge on any atom is -0.298 e. The Labute approximate surface area is 252 Å². The van der Waals surface area contributed by atoms with Gasteiger partial charge in [-0.25, -0.2) is 0 Å². The van der Waals surface area contributed by atoms with Crippen LogP contribution in [0, 0.1) is 0 Å². The van der Waals surface area contributed by atoms with Crippen molar-refractivity contribution in [2.45, 2.75) is 38.5 Å². The van der Waals surface area contributed by atoms with Crippen molar-refractivity contribution in [2.75, 3.05) is 19.4 Å². The Bertz CT molecular complexity index is 1220. The van der Waals surface area contributed by atoms with Crippen LogP contribution in [-0.2, 0) is 23.0 Å². The zero-order chi connectivity index (χ0) is 28.4. The van der Waals surface area contributed by atoms with Crippen LogP contribution >= 0.6 is 15.8 Å². The second-order valence-electron chi connectivity index (χ2n) is 10.7. The van der Waals surface area contributed by atoms with E-state index in [2.05, 4.69) is 145 Å². The molecule has 0 bridgehead atoms. The molecule has 1 heterocycles. The molecule has 3 nitrogen and oxygen atoms in total. The molecule has 0 amide bonds. The van der Waals surface area contributed by atoms with Gasteiger partial charge in [0.25, 0.3) is 0 Å². The fourth-order valence-corrected chi connectivity index (χ4v) is 10.6. The maximum atomic E-state index is 10.2. The molecule has 1 atom stereocenters. The first-order valence-electron chi connectivity index (χ1n) is 13.7. The van der Waals surface area contributed by atoms with Crippen LogP contribution in [0.1, 0.15) is 27.2 Å². The van der Waals surface area contributed by atoms with Gasteiger partial charge in [0.1, 0.15) is 0 Å². The third kappa shape index (κ3) is 9.43. The predicted octanol–water partition coefficient (Wildman–Crippen LogP) is 6.75. The number of likely N-dealkylation sites (tertiary alicyclic amines) is 1. The number of hydrogen-bond acceptors (Lipinski definition) is 3. The van der Waals surface area contributed by atoms with E-state index < -0.39 is 0 Å². The van der Waals surface area contributed by atoms with Gasteiger partial charge in [0.15, 0.2) is 0 Å². The predicted molar refractivity (Wildman–Crippen MR) is 169 cm³/mol. The van der Waals surface area contributed by atoms with Crippen molar-refractivity contribution in [1.29, 1.82) is 0 Å². The van der Waals surface area contributed by atoms with Crippen LogP contribution in [0.25, 0.3) is 0 Å². The second kappa shape index (κ2) is 15.1. The number of nitrogens with zero attached hydrogens (tertiary/aromatic N) is 1. The molecule has 1 fully saturated rings. The number of ether oxygens (including phenoxy) is 1. The molecule has 4 aromatic carbocycles. The van der Waals surface area contributed by atoms with Crippen molar-refractivity contribution in [2.24, 2.45) is 0 Å². The third-order valence-corrected chi connectivity index (χ3v) is 12.1. The Morgan fingerprint density at radius 3 is 1.50 bits per heavy atom. The summed E-state index contributed by atoms with van der Waals surface area (Å²) in [5.41, 5.74) is 0.352. The number of benzene rings is 4. The fraction of sp³-hybridized carbons (Fsp3) is 0.265. The molecule has 0 aromatic heterocycles. The van der Waals surface area contributed by atoms with E-state index in [1.165, 1.54) is 40.7 Å². The first-order valence-corrected chi connectivity index (χ1v) is 17.4. The molecule has 0 N–H and O–H groups in total. The van der Waals surface area contributed by atoms with Crippen molar-refractivity contribution in [3.63, 3.8) is 0 Å². The monoisotopic (exact) mass is 657 g/mol. The van der Waals surface area contributed by atoms with Crippen molar-refractivity contribution in [3.05, 3.63) is 121 Å². The van der Waals surface area contributed by atoms with Gasteiger partial charge in [-0.1, -0.05) is 121 Å². The van der Waals surface area contributed by atoms with Gasteiger partial charge in [0, 0.05) is 18.5 Å². The Morgan fingerprint density at radius 2 is 1.15 bits per heavy atom. The topological polar surface area (TPSA) is 29.5 Å². The van der Waals surface area contributed by atoms with E-state index in [9.17, 15) is 4.79 Å². The Hall–Kier alpha value is -2.21. The summed E-state index contributed by atoms with van der Waals surface area (Å²) in [5, 5.41) is 5.97. The van der Waals surface area contributed by atoms with Gasteiger partial charge < -0.3 is 0 Å². The molecule has 1 aliphatic rings.